The number of pyridine rings is 1. The lowest BCUT2D eigenvalue weighted by Gasteiger charge is -2.09. The molecule has 0 aromatic carbocycles. The Labute approximate surface area is 111 Å². The zero-order valence-electron chi connectivity index (χ0n) is 10.8. The fourth-order valence-electron chi connectivity index (χ4n) is 1.71. The molecular formula is C13H17N5O. The molecule has 0 atom stereocenters. The van der Waals surface area contributed by atoms with Gasteiger partial charge in [-0.15, -0.1) is 0 Å². The predicted molar refractivity (Wildman–Crippen MR) is 73.0 cm³/mol. The molecule has 0 bridgehead atoms. The Bertz CT molecular complexity index is 524. The van der Waals surface area contributed by atoms with E-state index in [2.05, 4.69) is 20.7 Å². The van der Waals surface area contributed by atoms with Crippen molar-refractivity contribution in [2.45, 2.75) is 13.5 Å². The van der Waals surface area contributed by atoms with Crippen molar-refractivity contribution in [3.63, 3.8) is 0 Å². The number of hydrogen-bond acceptors (Lipinski definition) is 4. The van der Waals surface area contributed by atoms with Crippen LogP contribution in [0.3, 0.4) is 0 Å². The number of amides is 1. The molecule has 0 saturated heterocycles. The third-order valence-corrected chi connectivity index (χ3v) is 2.58. The Balaban J connectivity index is 1.92. The van der Waals surface area contributed by atoms with Gasteiger partial charge < -0.3 is 10.6 Å². The minimum absolute atomic E-state index is 0.129. The van der Waals surface area contributed by atoms with Crippen LogP contribution in [-0.4, -0.2) is 33.8 Å². The molecule has 2 heterocycles. The maximum atomic E-state index is 12.0. The third kappa shape index (κ3) is 3.54. The van der Waals surface area contributed by atoms with Crippen LogP contribution in [0.15, 0.2) is 36.8 Å². The van der Waals surface area contributed by atoms with Gasteiger partial charge in [-0.2, -0.15) is 5.10 Å². The Hall–Kier alpha value is -2.37. The summed E-state index contributed by atoms with van der Waals surface area (Å²) in [6.07, 6.45) is 5.24. The molecule has 100 valence electrons. The normalized spacial score (nSPS) is 10.2. The number of carbonyl (C=O) groups is 1. The van der Waals surface area contributed by atoms with Gasteiger partial charge in [0.15, 0.2) is 0 Å². The third-order valence-electron chi connectivity index (χ3n) is 2.58. The van der Waals surface area contributed by atoms with Gasteiger partial charge in [-0.25, -0.2) is 4.98 Å². The highest BCUT2D eigenvalue weighted by Gasteiger charge is 2.10. The number of anilines is 1. The highest BCUT2D eigenvalue weighted by atomic mass is 16.1. The lowest BCUT2D eigenvalue weighted by atomic mass is 10.2. The van der Waals surface area contributed by atoms with E-state index >= 15 is 0 Å². The molecule has 0 spiro atoms. The van der Waals surface area contributed by atoms with Crippen molar-refractivity contribution in [2.75, 3.05) is 18.4 Å². The van der Waals surface area contributed by atoms with Gasteiger partial charge in [0, 0.05) is 31.7 Å². The number of aromatic nitrogens is 3. The maximum Gasteiger partial charge on any atom is 0.255 e. The van der Waals surface area contributed by atoms with E-state index in [4.69, 9.17) is 0 Å². The van der Waals surface area contributed by atoms with Crippen molar-refractivity contribution >= 4 is 11.7 Å². The van der Waals surface area contributed by atoms with Gasteiger partial charge in [-0.3, -0.25) is 9.48 Å². The quantitative estimate of drug-likeness (QED) is 0.816. The molecule has 2 aromatic heterocycles. The molecule has 2 N–H and O–H groups in total. The van der Waals surface area contributed by atoms with Crippen molar-refractivity contribution in [2.24, 2.45) is 0 Å². The van der Waals surface area contributed by atoms with Crippen molar-refractivity contribution in [1.29, 1.82) is 0 Å². The van der Waals surface area contributed by atoms with Gasteiger partial charge in [0.05, 0.1) is 12.1 Å². The molecule has 0 radical (unpaired) electrons. The number of nitrogens with one attached hydrogen (secondary N) is 2. The summed E-state index contributed by atoms with van der Waals surface area (Å²) >= 11 is 0. The van der Waals surface area contributed by atoms with Crippen LogP contribution in [0.4, 0.5) is 5.82 Å². The first kappa shape index (κ1) is 13.1. The molecule has 6 nitrogen and oxygen atoms in total. The molecule has 2 rings (SSSR count). The van der Waals surface area contributed by atoms with E-state index in [-0.39, 0.29) is 5.91 Å². The molecule has 6 heteroatoms. The second-order valence-electron chi connectivity index (χ2n) is 3.95. The van der Waals surface area contributed by atoms with E-state index in [1.807, 2.05) is 19.2 Å². The van der Waals surface area contributed by atoms with Crippen LogP contribution < -0.4 is 10.6 Å². The molecular weight excluding hydrogens is 242 g/mol. The van der Waals surface area contributed by atoms with Crippen LogP contribution in [0.25, 0.3) is 0 Å². The van der Waals surface area contributed by atoms with Crippen LogP contribution in [0.1, 0.15) is 17.3 Å². The summed E-state index contributed by atoms with van der Waals surface area (Å²) in [6, 6.07) is 5.36. The van der Waals surface area contributed by atoms with E-state index < -0.39 is 0 Å². The summed E-state index contributed by atoms with van der Waals surface area (Å²) in [6.45, 7) is 3.87. The highest BCUT2D eigenvalue weighted by Crippen LogP contribution is 2.10. The fraction of sp³-hybridized carbons (Fsp3) is 0.308. The van der Waals surface area contributed by atoms with Crippen molar-refractivity contribution in [3.8, 4) is 0 Å². The van der Waals surface area contributed by atoms with E-state index in [1.165, 1.54) is 0 Å². The average molecular weight is 259 g/mol. The average Bonchev–Trinajstić information content (AvgIpc) is 2.93. The monoisotopic (exact) mass is 259 g/mol. The first-order valence-electron chi connectivity index (χ1n) is 6.25. The van der Waals surface area contributed by atoms with Crippen molar-refractivity contribution < 1.29 is 4.79 Å². The summed E-state index contributed by atoms with van der Waals surface area (Å²) in [5.41, 5.74) is 0.560. The lowest BCUT2D eigenvalue weighted by Crippen LogP contribution is -2.28. The minimum atomic E-state index is -0.129. The lowest BCUT2D eigenvalue weighted by molar-refractivity contribution is 0.0952. The fourth-order valence-corrected chi connectivity index (χ4v) is 1.71. The van der Waals surface area contributed by atoms with Gasteiger partial charge >= 0.3 is 0 Å². The Morgan fingerprint density at radius 1 is 1.37 bits per heavy atom. The van der Waals surface area contributed by atoms with E-state index in [9.17, 15) is 4.79 Å². The van der Waals surface area contributed by atoms with E-state index in [1.54, 1.807) is 29.2 Å². The molecule has 0 aliphatic rings. The van der Waals surface area contributed by atoms with Gasteiger partial charge in [0.25, 0.3) is 5.91 Å². The number of hydrogen-bond donors (Lipinski definition) is 2. The molecule has 0 unspecified atom stereocenters. The summed E-state index contributed by atoms with van der Waals surface area (Å²) in [4.78, 5) is 16.2. The predicted octanol–water partition coefficient (Wildman–Crippen LogP) is 1.14. The number of carbonyl (C=O) groups excluding carboxylic acids is 1. The Kier molecular flexibility index (Phi) is 4.49. The topological polar surface area (TPSA) is 71.8 Å². The van der Waals surface area contributed by atoms with Gasteiger partial charge in [0.1, 0.15) is 5.82 Å². The Morgan fingerprint density at radius 3 is 3.00 bits per heavy atom. The van der Waals surface area contributed by atoms with Crippen LogP contribution in [0, 0.1) is 0 Å². The van der Waals surface area contributed by atoms with Crippen LogP contribution in [0.5, 0.6) is 0 Å². The molecule has 19 heavy (non-hydrogen) atoms. The van der Waals surface area contributed by atoms with E-state index in [0.717, 1.165) is 6.54 Å². The largest absolute Gasteiger partial charge is 0.370 e. The summed E-state index contributed by atoms with van der Waals surface area (Å²) < 4.78 is 1.77. The maximum absolute atomic E-state index is 12.0. The first-order valence-corrected chi connectivity index (χ1v) is 6.25. The van der Waals surface area contributed by atoms with Gasteiger partial charge in [-0.05, 0) is 25.1 Å². The SMILES string of the molecule is CCNc1ncccc1C(=O)NCCn1cccn1. The molecule has 1 amide bonds. The summed E-state index contributed by atoms with van der Waals surface area (Å²) in [7, 11) is 0. The zero-order chi connectivity index (χ0) is 13.5. The summed E-state index contributed by atoms with van der Waals surface area (Å²) in [5, 5.41) is 10.0. The van der Waals surface area contributed by atoms with Crippen molar-refractivity contribution in [1.82, 2.24) is 20.1 Å². The second-order valence-corrected chi connectivity index (χ2v) is 3.95. The standard InChI is InChI=1S/C13H17N5O/c1-2-14-12-11(5-3-6-15-12)13(19)16-8-10-18-9-4-7-17-18/h3-7,9H,2,8,10H2,1H3,(H,14,15)(H,16,19). The van der Waals surface area contributed by atoms with Gasteiger partial charge in [-0.1, -0.05) is 0 Å². The molecule has 0 fully saturated rings. The number of rotatable bonds is 6. The number of nitrogens with zero attached hydrogens (tertiary/aromatic N) is 3. The van der Waals surface area contributed by atoms with E-state index in [0.29, 0.717) is 24.5 Å². The highest BCUT2D eigenvalue weighted by molar-refractivity contribution is 5.98. The van der Waals surface area contributed by atoms with Crippen molar-refractivity contribution in [3.05, 3.63) is 42.4 Å². The second kappa shape index (κ2) is 6.53. The zero-order valence-corrected chi connectivity index (χ0v) is 10.8. The minimum Gasteiger partial charge on any atom is -0.370 e. The molecule has 0 saturated carbocycles. The molecule has 0 aliphatic heterocycles. The molecule has 2 aromatic rings. The Morgan fingerprint density at radius 2 is 2.26 bits per heavy atom. The molecule has 0 aliphatic carbocycles. The van der Waals surface area contributed by atoms with Crippen LogP contribution >= 0.6 is 0 Å². The summed E-state index contributed by atoms with van der Waals surface area (Å²) in [5.74, 6) is 0.484. The first-order chi connectivity index (χ1) is 9.31. The van der Waals surface area contributed by atoms with Crippen LogP contribution in [-0.2, 0) is 6.54 Å². The van der Waals surface area contributed by atoms with Gasteiger partial charge in [0.2, 0.25) is 0 Å². The smallest absolute Gasteiger partial charge is 0.255 e. The van der Waals surface area contributed by atoms with Crippen LogP contribution in [0.2, 0.25) is 0 Å².